The third-order valence-corrected chi connectivity index (χ3v) is 12.8. The van der Waals surface area contributed by atoms with E-state index in [0.717, 1.165) is 12.8 Å². The number of aliphatic hydroxyl groups is 3. The van der Waals surface area contributed by atoms with E-state index in [1.54, 1.807) is 13.0 Å². The second kappa shape index (κ2) is 12.7. The van der Waals surface area contributed by atoms with Gasteiger partial charge in [0.2, 0.25) is 0 Å². The van der Waals surface area contributed by atoms with Crippen molar-refractivity contribution in [2.75, 3.05) is 0 Å². The number of aliphatic hydroxyl groups excluding tert-OH is 3. The molecule has 2 bridgehead atoms. The van der Waals surface area contributed by atoms with E-state index in [9.17, 15) is 34.5 Å². The van der Waals surface area contributed by atoms with Crippen molar-refractivity contribution in [3.8, 4) is 0 Å². The van der Waals surface area contributed by atoms with Gasteiger partial charge in [0.15, 0.2) is 0 Å². The van der Waals surface area contributed by atoms with Gasteiger partial charge in [-0.3, -0.25) is 23.9 Å². The Morgan fingerprint density at radius 3 is 2.67 bits per heavy atom. The Bertz CT molecular complexity index is 1740. The van der Waals surface area contributed by atoms with Crippen molar-refractivity contribution in [3.63, 3.8) is 0 Å². The maximum Gasteiger partial charge on any atom is 0.330 e. The number of hydrogen-bond donors (Lipinski definition) is 4. The molecule has 2 aromatic heterocycles. The second-order valence-corrected chi connectivity index (χ2v) is 15.6. The van der Waals surface area contributed by atoms with Crippen LogP contribution in [0.1, 0.15) is 83.7 Å². The molecular weight excluding hydrogens is 634 g/mol. The summed E-state index contributed by atoms with van der Waals surface area (Å²) in [5.74, 6) is -0.748. The van der Waals surface area contributed by atoms with Crippen molar-refractivity contribution in [1.82, 2.24) is 24.5 Å². The lowest BCUT2D eigenvalue weighted by molar-refractivity contribution is -0.207. The number of aromatic amines is 1. The first-order valence-electron chi connectivity index (χ1n) is 17.3. The predicted molar refractivity (Wildman–Crippen MR) is 175 cm³/mol. The average molecular weight is 684 g/mol. The van der Waals surface area contributed by atoms with Crippen LogP contribution < -0.4 is 11.2 Å². The van der Waals surface area contributed by atoms with Crippen molar-refractivity contribution >= 4 is 11.8 Å². The van der Waals surface area contributed by atoms with Gasteiger partial charge in [0.1, 0.15) is 30.8 Å². The van der Waals surface area contributed by atoms with E-state index in [0.29, 0.717) is 30.5 Å². The van der Waals surface area contributed by atoms with E-state index in [-0.39, 0.29) is 48.3 Å². The highest BCUT2D eigenvalue weighted by molar-refractivity contribution is 5.85. The van der Waals surface area contributed by atoms with E-state index in [4.69, 9.17) is 9.47 Å². The van der Waals surface area contributed by atoms with Crippen LogP contribution in [0, 0.1) is 40.9 Å². The van der Waals surface area contributed by atoms with Crippen molar-refractivity contribution < 1.29 is 34.4 Å². The highest BCUT2D eigenvalue weighted by Gasteiger charge is 2.68. The van der Waals surface area contributed by atoms with Crippen LogP contribution in [-0.2, 0) is 32.0 Å². The fourth-order valence-electron chi connectivity index (χ4n) is 9.66. The number of H-pyrrole nitrogens is 1. The zero-order chi connectivity index (χ0) is 35.6. The lowest BCUT2D eigenvalue weighted by Gasteiger charge is -2.61. The summed E-state index contributed by atoms with van der Waals surface area (Å²) in [4.78, 5) is 53.5. The molecule has 3 saturated carbocycles. The fourth-order valence-corrected chi connectivity index (χ4v) is 9.66. The Morgan fingerprint density at radius 2 is 1.96 bits per heavy atom. The van der Waals surface area contributed by atoms with E-state index < -0.39 is 64.8 Å². The summed E-state index contributed by atoms with van der Waals surface area (Å²) in [6, 6.07) is 0. The lowest BCUT2D eigenvalue weighted by atomic mass is 9.44. The Kier molecular flexibility index (Phi) is 9.17. The molecule has 4 fully saturated rings. The summed E-state index contributed by atoms with van der Waals surface area (Å²) in [6.45, 7) is 13.6. The van der Waals surface area contributed by atoms with Gasteiger partial charge in [0.25, 0.3) is 5.56 Å². The minimum atomic E-state index is -1.21. The third-order valence-electron chi connectivity index (χ3n) is 12.8. The molecule has 1 aliphatic heterocycles. The van der Waals surface area contributed by atoms with Gasteiger partial charge in [-0.05, 0) is 49.9 Å². The summed E-state index contributed by atoms with van der Waals surface area (Å²) in [5.41, 5.74) is -2.32. The molecule has 3 aliphatic carbocycles. The summed E-state index contributed by atoms with van der Waals surface area (Å²) >= 11 is 0. The molecule has 14 nitrogen and oxygen atoms in total. The number of rotatable bonds is 8. The standard InChI is InChI=1S/C35H49N5O9/c1-7-33(5)14-25(34(6)19(3)8-10-35(20(4)30(33)45)11-9-22(41)29(34)35)48-27(44)17-39-16-21(37-38-39)12-23(42)28-24(43)13-26(49-28)40-15-18(2)31(46)36-32(40)47/h7,15-16,19-20,23-26,28-30,42-43,45H,1,8-14,17H2,2-6H3,(H,36,46,47)/t19-,20+,23-,24+,25-,26-,28-,29-,30+,33-,34+,35+/m1/s1. The van der Waals surface area contributed by atoms with Gasteiger partial charge in [-0.25, -0.2) is 9.48 Å². The number of esters is 1. The number of carbonyl (C=O) groups is 2. The van der Waals surface area contributed by atoms with Crippen LogP contribution in [0.25, 0.3) is 0 Å². The summed E-state index contributed by atoms with van der Waals surface area (Å²) < 4.78 is 14.6. The number of aromatic nitrogens is 5. The number of nitrogens with zero attached hydrogens (tertiary/aromatic N) is 4. The normalized spacial score (nSPS) is 39.6. The zero-order valence-corrected chi connectivity index (χ0v) is 28.9. The summed E-state index contributed by atoms with van der Waals surface area (Å²) in [5, 5.41) is 41.5. The molecule has 0 spiro atoms. The Morgan fingerprint density at radius 1 is 1.22 bits per heavy atom. The molecule has 0 unspecified atom stereocenters. The molecule has 2 aromatic rings. The highest BCUT2D eigenvalue weighted by Crippen LogP contribution is 2.68. The maximum absolute atomic E-state index is 13.6. The number of ether oxygens (including phenoxy) is 2. The molecule has 12 atom stereocenters. The van der Waals surface area contributed by atoms with Crippen molar-refractivity contribution in [3.05, 3.63) is 57.1 Å². The van der Waals surface area contributed by atoms with Crippen LogP contribution in [0.2, 0.25) is 0 Å². The molecule has 3 heterocycles. The smallest absolute Gasteiger partial charge is 0.330 e. The molecule has 268 valence electrons. The third kappa shape index (κ3) is 5.83. The topological polar surface area (TPSA) is 199 Å². The van der Waals surface area contributed by atoms with Crippen molar-refractivity contribution in [1.29, 1.82) is 0 Å². The van der Waals surface area contributed by atoms with Gasteiger partial charge in [-0.1, -0.05) is 39.0 Å². The zero-order valence-electron chi connectivity index (χ0n) is 28.9. The van der Waals surface area contributed by atoms with Crippen molar-refractivity contribution in [2.24, 2.45) is 34.0 Å². The van der Waals surface area contributed by atoms with Crippen LogP contribution in [0.3, 0.4) is 0 Å². The molecule has 0 radical (unpaired) electrons. The molecule has 14 heteroatoms. The molecule has 49 heavy (non-hydrogen) atoms. The first-order chi connectivity index (χ1) is 23.0. The SMILES string of the molecule is C=C[C@]1(C)C[C@@H](OC(=O)Cn2cc(C[C@@H](O)[C@H]3O[C@@H](n4cc(C)c(=O)[nH]c4=O)C[C@@H]3O)nn2)[C@]2(C)[C@H](C)CC[C@]3(CCC(=O)[C@@H]32)[C@@H](C)[C@@H]1O. The lowest BCUT2D eigenvalue weighted by Crippen LogP contribution is -2.63. The summed E-state index contributed by atoms with van der Waals surface area (Å²) in [6.07, 6.45) is 2.13. The quantitative estimate of drug-likeness (QED) is 0.233. The number of ketones is 1. The number of aryl methyl sites for hydroxylation is 1. The number of hydrogen-bond acceptors (Lipinski definition) is 11. The van der Waals surface area contributed by atoms with Gasteiger partial charge in [0, 0.05) is 54.0 Å². The van der Waals surface area contributed by atoms with Gasteiger partial charge in [-0.15, -0.1) is 11.7 Å². The van der Waals surface area contributed by atoms with Gasteiger partial charge in [0.05, 0.1) is 24.0 Å². The minimum Gasteiger partial charge on any atom is -0.460 e. The van der Waals surface area contributed by atoms with Crippen LogP contribution >= 0.6 is 0 Å². The van der Waals surface area contributed by atoms with Crippen LogP contribution in [0.15, 0.2) is 34.6 Å². The van der Waals surface area contributed by atoms with Gasteiger partial charge >= 0.3 is 11.7 Å². The number of nitrogens with one attached hydrogen (secondary N) is 1. The molecule has 6 rings (SSSR count). The van der Waals surface area contributed by atoms with Crippen LogP contribution in [0.5, 0.6) is 0 Å². The van der Waals surface area contributed by atoms with E-state index >= 15 is 0 Å². The van der Waals surface area contributed by atoms with E-state index in [1.165, 1.54) is 21.6 Å². The molecular formula is C35H49N5O9. The second-order valence-electron chi connectivity index (χ2n) is 15.6. The fraction of sp³-hybridized carbons (Fsp3) is 0.714. The molecule has 1 saturated heterocycles. The van der Waals surface area contributed by atoms with E-state index in [2.05, 4.69) is 42.6 Å². The molecule has 0 aromatic carbocycles. The Balaban J connectivity index is 1.16. The first-order valence-corrected chi connectivity index (χ1v) is 17.3. The minimum absolute atomic E-state index is 0.0266. The molecule has 4 N–H and O–H groups in total. The maximum atomic E-state index is 13.6. The Labute approximate surface area is 284 Å². The predicted octanol–water partition coefficient (Wildman–Crippen LogP) is 1.60. The highest BCUT2D eigenvalue weighted by atomic mass is 16.6. The van der Waals surface area contributed by atoms with Crippen LogP contribution in [0.4, 0.5) is 0 Å². The van der Waals surface area contributed by atoms with Gasteiger partial charge < -0.3 is 24.8 Å². The van der Waals surface area contributed by atoms with Gasteiger partial charge in [-0.2, -0.15) is 0 Å². The molecule has 0 amide bonds. The summed E-state index contributed by atoms with van der Waals surface area (Å²) in [7, 11) is 0. The average Bonchev–Trinajstić information content (AvgIpc) is 3.76. The van der Waals surface area contributed by atoms with Crippen LogP contribution in [-0.4, -0.2) is 82.1 Å². The number of Topliss-reactive ketones (excluding diaryl/α,β-unsaturated/α-hetero) is 1. The van der Waals surface area contributed by atoms with Crippen molar-refractivity contribution in [2.45, 2.75) is 123 Å². The van der Waals surface area contributed by atoms with E-state index in [1.807, 2.05) is 6.92 Å². The Hall–Kier alpha value is -3.46. The first kappa shape index (κ1) is 35.4. The largest absolute Gasteiger partial charge is 0.460 e. The monoisotopic (exact) mass is 683 g/mol. The molecule has 4 aliphatic rings. The number of carbonyl (C=O) groups excluding carboxylic acids is 2.